The Kier molecular flexibility index (Phi) is 4.89. The molecule has 0 aliphatic heterocycles. The Hall–Kier alpha value is -0.450. The van der Waals surface area contributed by atoms with E-state index in [1.165, 1.54) is 0 Å². The second-order valence-corrected chi connectivity index (χ2v) is 5.70. The first-order valence-corrected chi connectivity index (χ1v) is 6.70. The van der Waals surface area contributed by atoms with E-state index in [1.807, 2.05) is 13.8 Å². The first kappa shape index (κ1) is 13.6. The number of aromatic nitrogens is 1. The van der Waals surface area contributed by atoms with Gasteiger partial charge in [0.15, 0.2) is 0 Å². The predicted molar refractivity (Wildman–Crippen MR) is 68.8 cm³/mol. The largest absolute Gasteiger partial charge is 0.389 e. The van der Waals surface area contributed by atoms with Gasteiger partial charge in [-0.2, -0.15) is 0 Å². The van der Waals surface area contributed by atoms with Crippen molar-refractivity contribution in [2.45, 2.75) is 52.2 Å². The van der Waals surface area contributed by atoms with Crippen molar-refractivity contribution in [2.24, 2.45) is 0 Å². The summed E-state index contributed by atoms with van der Waals surface area (Å²) in [7, 11) is 0. The van der Waals surface area contributed by atoms with Crippen molar-refractivity contribution in [3.05, 3.63) is 16.1 Å². The van der Waals surface area contributed by atoms with Crippen molar-refractivity contribution >= 4 is 11.3 Å². The monoisotopic (exact) mass is 242 g/mol. The van der Waals surface area contributed by atoms with Gasteiger partial charge in [-0.05, 0) is 27.2 Å². The van der Waals surface area contributed by atoms with Gasteiger partial charge < -0.3 is 10.4 Å². The molecule has 1 rings (SSSR count). The van der Waals surface area contributed by atoms with Crippen LogP contribution in [0.25, 0.3) is 0 Å². The van der Waals surface area contributed by atoms with Gasteiger partial charge in [-0.25, -0.2) is 4.98 Å². The summed E-state index contributed by atoms with van der Waals surface area (Å²) in [6, 6.07) is 0.202. The third-order valence-corrected chi connectivity index (χ3v) is 3.45. The molecular weight excluding hydrogens is 220 g/mol. The maximum Gasteiger partial charge on any atom is 0.0898 e. The Morgan fingerprint density at radius 2 is 2.31 bits per heavy atom. The molecule has 2 unspecified atom stereocenters. The number of hydrogen-bond acceptors (Lipinski definition) is 4. The molecule has 16 heavy (non-hydrogen) atoms. The van der Waals surface area contributed by atoms with Gasteiger partial charge in [-0.1, -0.05) is 13.3 Å². The second-order valence-electron chi connectivity index (χ2n) is 4.64. The first-order chi connectivity index (χ1) is 7.44. The number of nitrogens with one attached hydrogen (secondary N) is 1. The second kappa shape index (κ2) is 5.75. The molecule has 0 saturated carbocycles. The molecule has 1 heterocycles. The zero-order valence-electron chi connectivity index (χ0n) is 10.6. The molecule has 0 aliphatic rings. The van der Waals surface area contributed by atoms with Crippen LogP contribution >= 0.6 is 11.3 Å². The molecule has 0 amide bonds. The maximum atomic E-state index is 10.0. The molecule has 0 fully saturated rings. The fourth-order valence-corrected chi connectivity index (χ4v) is 2.39. The minimum Gasteiger partial charge on any atom is -0.389 e. The lowest BCUT2D eigenvalue weighted by molar-refractivity contribution is 0.0476. The molecule has 3 nitrogen and oxygen atoms in total. The fraction of sp³-hybridized carbons (Fsp3) is 0.750. The molecule has 0 radical (unpaired) electrons. The fourth-order valence-electron chi connectivity index (χ4n) is 1.68. The topological polar surface area (TPSA) is 45.1 Å². The predicted octanol–water partition coefficient (Wildman–Crippen LogP) is 2.65. The maximum absolute atomic E-state index is 10.0. The van der Waals surface area contributed by atoms with Gasteiger partial charge in [0.1, 0.15) is 0 Å². The van der Waals surface area contributed by atoms with Gasteiger partial charge >= 0.3 is 0 Å². The number of aryl methyl sites for hydroxylation is 1. The van der Waals surface area contributed by atoms with E-state index in [-0.39, 0.29) is 6.04 Å². The van der Waals surface area contributed by atoms with E-state index in [0.29, 0.717) is 6.54 Å². The summed E-state index contributed by atoms with van der Waals surface area (Å²) >= 11 is 1.66. The van der Waals surface area contributed by atoms with E-state index >= 15 is 0 Å². The SMILES string of the molecule is CCCC(C)(O)CNC(C)c1csc(C)n1. The highest BCUT2D eigenvalue weighted by molar-refractivity contribution is 7.09. The van der Waals surface area contributed by atoms with Crippen molar-refractivity contribution in [1.29, 1.82) is 0 Å². The summed E-state index contributed by atoms with van der Waals surface area (Å²) in [5.41, 5.74) is 0.448. The van der Waals surface area contributed by atoms with Gasteiger partial charge in [0.2, 0.25) is 0 Å². The Bertz CT molecular complexity index is 323. The summed E-state index contributed by atoms with van der Waals surface area (Å²) in [5, 5.41) is 16.5. The number of rotatable bonds is 6. The number of thiazole rings is 1. The van der Waals surface area contributed by atoms with Gasteiger partial charge in [0.05, 0.1) is 16.3 Å². The normalized spacial score (nSPS) is 17.1. The van der Waals surface area contributed by atoms with Crippen LogP contribution in [0.4, 0.5) is 0 Å². The van der Waals surface area contributed by atoms with Gasteiger partial charge in [0.25, 0.3) is 0 Å². The van der Waals surface area contributed by atoms with E-state index in [0.717, 1.165) is 23.5 Å². The average molecular weight is 242 g/mol. The van der Waals surface area contributed by atoms with E-state index in [1.54, 1.807) is 11.3 Å². The van der Waals surface area contributed by atoms with Crippen LogP contribution in [0.5, 0.6) is 0 Å². The zero-order chi connectivity index (χ0) is 12.2. The minimum atomic E-state index is -0.617. The van der Waals surface area contributed by atoms with Gasteiger partial charge in [-0.3, -0.25) is 0 Å². The summed E-state index contributed by atoms with van der Waals surface area (Å²) in [6.45, 7) is 8.66. The van der Waals surface area contributed by atoms with Crippen LogP contribution in [-0.2, 0) is 0 Å². The third-order valence-electron chi connectivity index (χ3n) is 2.66. The molecule has 4 heteroatoms. The number of hydrogen-bond donors (Lipinski definition) is 2. The van der Waals surface area contributed by atoms with Gasteiger partial charge in [0, 0.05) is 18.0 Å². The average Bonchev–Trinajstić information content (AvgIpc) is 2.61. The molecule has 0 aliphatic carbocycles. The smallest absolute Gasteiger partial charge is 0.0898 e. The Morgan fingerprint density at radius 3 is 2.81 bits per heavy atom. The van der Waals surface area contributed by atoms with Crippen molar-refractivity contribution in [3.8, 4) is 0 Å². The van der Waals surface area contributed by atoms with Crippen molar-refractivity contribution in [2.75, 3.05) is 6.54 Å². The van der Waals surface area contributed by atoms with Crippen LogP contribution in [0.15, 0.2) is 5.38 Å². The van der Waals surface area contributed by atoms with Crippen molar-refractivity contribution in [1.82, 2.24) is 10.3 Å². The molecule has 0 saturated heterocycles. The highest BCUT2D eigenvalue weighted by Crippen LogP contribution is 2.17. The molecule has 1 aromatic heterocycles. The molecule has 1 aromatic rings. The lowest BCUT2D eigenvalue weighted by Gasteiger charge is -2.25. The third kappa shape index (κ3) is 4.20. The molecule has 0 spiro atoms. The number of aliphatic hydroxyl groups is 1. The van der Waals surface area contributed by atoms with E-state index in [4.69, 9.17) is 0 Å². The lowest BCUT2D eigenvalue weighted by atomic mass is 10.0. The Labute approximate surface area is 102 Å². The van der Waals surface area contributed by atoms with Crippen LogP contribution in [-0.4, -0.2) is 22.2 Å². The molecule has 2 N–H and O–H groups in total. The van der Waals surface area contributed by atoms with Crippen LogP contribution in [0.1, 0.15) is 50.4 Å². The lowest BCUT2D eigenvalue weighted by Crippen LogP contribution is -2.38. The van der Waals surface area contributed by atoms with Crippen molar-refractivity contribution < 1.29 is 5.11 Å². The van der Waals surface area contributed by atoms with E-state index < -0.39 is 5.60 Å². The van der Waals surface area contributed by atoms with Crippen LogP contribution in [0.3, 0.4) is 0 Å². The molecule has 0 bridgehead atoms. The summed E-state index contributed by atoms with van der Waals surface area (Å²) < 4.78 is 0. The Morgan fingerprint density at radius 1 is 1.62 bits per heavy atom. The molecule has 0 aromatic carbocycles. The molecule has 92 valence electrons. The molecular formula is C12H22N2OS. The Balaban J connectivity index is 2.43. The summed E-state index contributed by atoms with van der Waals surface area (Å²) in [5.74, 6) is 0. The standard InChI is InChI=1S/C12H22N2OS/c1-5-6-12(4,15)8-13-9(2)11-7-16-10(3)14-11/h7,9,13,15H,5-6,8H2,1-4H3. The van der Waals surface area contributed by atoms with E-state index in [9.17, 15) is 5.11 Å². The minimum absolute atomic E-state index is 0.202. The first-order valence-electron chi connectivity index (χ1n) is 5.82. The van der Waals surface area contributed by atoms with Crippen LogP contribution in [0.2, 0.25) is 0 Å². The van der Waals surface area contributed by atoms with Gasteiger partial charge in [-0.15, -0.1) is 11.3 Å². The van der Waals surface area contributed by atoms with Crippen LogP contribution in [0, 0.1) is 6.92 Å². The van der Waals surface area contributed by atoms with Crippen molar-refractivity contribution in [3.63, 3.8) is 0 Å². The zero-order valence-corrected chi connectivity index (χ0v) is 11.4. The summed E-state index contributed by atoms with van der Waals surface area (Å²) in [6.07, 6.45) is 1.82. The summed E-state index contributed by atoms with van der Waals surface area (Å²) in [4.78, 5) is 4.43. The highest BCUT2D eigenvalue weighted by Gasteiger charge is 2.20. The van der Waals surface area contributed by atoms with Crippen LogP contribution < -0.4 is 5.32 Å². The van der Waals surface area contributed by atoms with E-state index in [2.05, 4.69) is 29.5 Å². The highest BCUT2D eigenvalue weighted by atomic mass is 32.1. The number of nitrogens with zero attached hydrogens (tertiary/aromatic N) is 1. The quantitative estimate of drug-likeness (QED) is 0.806. The molecule has 2 atom stereocenters.